The van der Waals surface area contributed by atoms with E-state index in [4.69, 9.17) is 16.0 Å². The van der Waals surface area contributed by atoms with E-state index in [0.717, 1.165) is 14.9 Å². The highest BCUT2D eigenvalue weighted by Gasteiger charge is 2.30. The molecule has 0 bridgehead atoms. The third kappa shape index (κ3) is 4.79. The van der Waals surface area contributed by atoms with Crippen LogP contribution in [0.5, 0.6) is 0 Å². The first-order valence-corrected chi connectivity index (χ1v) is 11.0. The molecule has 33 heavy (non-hydrogen) atoms. The molecular weight excluding hydrogens is 528 g/mol. The first-order chi connectivity index (χ1) is 15.8. The standard InChI is InChI=1S/C23H16BrClF4N2O2/c24-14-3-1-13(2-4-14)16-7-5-15(33-16)6-8-17(32)30-9-11-31(12-10-30)23-21(28)19(26)18(25)20(27)22(23)29/h1-8H,9-12H2/b8-6+. The van der Waals surface area contributed by atoms with Crippen molar-refractivity contribution < 1.29 is 26.8 Å². The summed E-state index contributed by atoms with van der Waals surface area (Å²) in [5.41, 5.74) is 0.0583. The third-order valence-corrected chi connectivity index (χ3v) is 6.10. The molecule has 0 N–H and O–H groups in total. The Balaban J connectivity index is 1.40. The average molecular weight is 544 g/mol. The lowest BCUT2D eigenvalue weighted by Crippen LogP contribution is -2.49. The molecule has 1 aliphatic rings. The number of amides is 1. The van der Waals surface area contributed by atoms with Crippen molar-refractivity contribution in [2.75, 3.05) is 31.1 Å². The van der Waals surface area contributed by atoms with Crippen LogP contribution in [0.2, 0.25) is 5.02 Å². The Morgan fingerprint density at radius 2 is 1.52 bits per heavy atom. The quantitative estimate of drug-likeness (QED) is 0.168. The van der Waals surface area contributed by atoms with Crippen LogP contribution >= 0.6 is 27.5 Å². The van der Waals surface area contributed by atoms with E-state index in [1.54, 1.807) is 12.1 Å². The van der Waals surface area contributed by atoms with E-state index in [1.807, 2.05) is 24.3 Å². The maximum atomic E-state index is 14.2. The molecule has 1 amide bonds. The van der Waals surface area contributed by atoms with E-state index in [9.17, 15) is 22.4 Å². The molecular formula is C23H16BrClF4N2O2. The van der Waals surface area contributed by atoms with Gasteiger partial charge in [-0.1, -0.05) is 39.7 Å². The van der Waals surface area contributed by atoms with Crippen LogP contribution in [0.1, 0.15) is 5.76 Å². The molecule has 0 unspecified atom stereocenters. The van der Waals surface area contributed by atoms with Crippen molar-refractivity contribution in [3.8, 4) is 11.3 Å². The smallest absolute Gasteiger partial charge is 0.246 e. The van der Waals surface area contributed by atoms with E-state index >= 15 is 0 Å². The van der Waals surface area contributed by atoms with Crippen LogP contribution in [0.15, 0.2) is 51.4 Å². The molecule has 10 heteroatoms. The van der Waals surface area contributed by atoms with Crippen LogP contribution in [0.4, 0.5) is 23.2 Å². The molecule has 1 fully saturated rings. The van der Waals surface area contributed by atoms with Gasteiger partial charge in [0.2, 0.25) is 5.91 Å². The van der Waals surface area contributed by atoms with Gasteiger partial charge in [0.1, 0.15) is 22.2 Å². The van der Waals surface area contributed by atoms with Crippen LogP contribution in [-0.4, -0.2) is 37.0 Å². The van der Waals surface area contributed by atoms with E-state index in [2.05, 4.69) is 15.9 Å². The van der Waals surface area contributed by atoms with Gasteiger partial charge < -0.3 is 14.2 Å². The number of rotatable bonds is 4. The number of carbonyl (C=O) groups excluding carboxylic acids is 1. The van der Waals surface area contributed by atoms with Gasteiger partial charge in [-0.15, -0.1) is 0 Å². The van der Waals surface area contributed by atoms with Crippen molar-refractivity contribution >= 4 is 45.2 Å². The van der Waals surface area contributed by atoms with Gasteiger partial charge in [-0.3, -0.25) is 4.79 Å². The minimum absolute atomic E-state index is 0.0115. The van der Waals surface area contributed by atoms with Gasteiger partial charge in [0.15, 0.2) is 23.3 Å². The summed E-state index contributed by atoms with van der Waals surface area (Å²) in [7, 11) is 0. The van der Waals surface area contributed by atoms with Crippen molar-refractivity contribution in [1.82, 2.24) is 4.90 Å². The van der Waals surface area contributed by atoms with Crippen molar-refractivity contribution in [2.45, 2.75) is 0 Å². The highest BCUT2D eigenvalue weighted by molar-refractivity contribution is 9.10. The lowest BCUT2D eigenvalue weighted by molar-refractivity contribution is -0.126. The van der Waals surface area contributed by atoms with E-state index in [0.29, 0.717) is 11.5 Å². The summed E-state index contributed by atoms with van der Waals surface area (Å²) in [5, 5.41) is -1.23. The topological polar surface area (TPSA) is 36.7 Å². The second-order valence-corrected chi connectivity index (χ2v) is 8.57. The van der Waals surface area contributed by atoms with Gasteiger partial charge in [-0.2, -0.15) is 0 Å². The number of nitrogens with zero attached hydrogens (tertiary/aromatic N) is 2. The van der Waals surface area contributed by atoms with Crippen LogP contribution < -0.4 is 4.90 Å². The Kier molecular flexibility index (Phi) is 6.81. The fourth-order valence-electron chi connectivity index (χ4n) is 3.49. The van der Waals surface area contributed by atoms with Crippen molar-refractivity contribution in [3.05, 3.63) is 81.0 Å². The second kappa shape index (κ2) is 9.61. The number of hydrogen-bond acceptors (Lipinski definition) is 3. The molecule has 1 aromatic heterocycles. The zero-order chi connectivity index (χ0) is 23.7. The summed E-state index contributed by atoms with van der Waals surface area (Å²) in [6.07, 6.45) is 2.86. The molecule has 4 rings (SSSR count). The predicted octanol–water partition coefficient (Wildman–Crippen LogP) is 6.28. The number of anilines is 1. The summed E-state index contributed by atoms with van der Waals surface area (Å²) in [6, 6.07) is 11.1. The maximum absolute atomic E-state index is 14.2. The molecule has 4 nitrogen and oxygen atoms in total. The van der Waals surface area contributed by atoms with Crippen molar-refractivity contribution in [3.63, 3.8) is 0 Å². The van der Waals surface area contributed by atoms with E-state index in [-0.39, 0.29) is 32.1 Å². The lowest BCUT2D eigenvalue weighted by Gasteiger charge is -2.36. The summed E-state index contributed by atoms with van der Waals surface area (Å²) in [5.74, 6) is -5.60. The van der Waals surface area contributed by atoms with Gasteiger partial charge >= 0.3 is 0 Å². The van der Waals surface area contributed by atoms with Gasteiger partial charge in [0, 0.05) is 42.3 Å². The number of hydrogen-bond donors (Lipinski definition) is 0. The summed E-state index contributed by atoms with van der Waals surface area (Å²) >= 11 is 8.65. The number of carbonyl (C=O) groups is 1. The Bertz CT molecular complexity index is 1190. The zero-order valence-corrected chi connectivity index (χ0v) is 19.3. The predicted molar refractivity (Wildman–Crippen MR) is 121 cm³/mol. The third-order valence-electron chi connectivity index (χ3n) is 5.24. The number of halogens is 6. The second-order valence-electron chi connectivity index (χ2n) is 7.27. The lowest BCUT2D eigenvalue weighted by atomic mass is 10.2. The van der Waals surface area contributed by atoms with E-state index < -0.39 is 34.0 Å². The molecule has 172 valence electrons. The van der Waals surface area contributed by atoms with Crippen LogP contribution in [0.3, 0.4) is 0 Å². The Labute approximate surface area is 200 Å². The minimum Gasteiger partial charge on any atom is -0.457 e. The highest BCUT2D eigenvalue weighted by Crippen LogP contribution is 2.34. The van der Waals surface area contributed by atoms with Crippen LogP contribution in [0, 0.1) is 23.3 Å². The molecule has 2 aromatic carbocycles. The average Bonchev–Trinajstić information content (AvgIpc) is 3.30. The highest BCUT2D eigenvalue weighted by atomic mass is 79.9. The SMILES string of the molecule is O=C(/C=C/c1ccc(-c2ccc(Br)cc2)o1)N1CCN(c2c(F)c(F)c(Cl)c(F)c2F)CC1. The monoisotopic (exact) mass is 542 g/mol. The molecule has 0 radical (unpaired) electrons. The number of benzene rings is 2. The maximum Gasteiger partial charge on any atom is 0.246 e. The first kappa shape index (κ1) is 23.4. The van der Waals surface area contributed by atoms with Crippen LogP contribution in [0.25, 0.3) is 17.4 Å². The van der Waals surface area contributed by atoms with Gasteiger partial charge in [0.05, 0.1) is 0 Å². The fourth-order valence-corrected chi connectivity index (χ4v) is 3.92. The zero-order valence-electron chi connectivity index (χ0n) is 16.9. The first-order valence-electron chi connectivity index (χ1n) is 9.85. The molecule has 0 atom stereocenters. The number of furan rings is 1. The molecule has 1 saturated heterocycles. The molecule has 1 aliphatic heterocycles. The molecule has 0 spiro atoms. The largest absolute Gasteiger partial charge is 0.457 e. The van der Waals surface area contributed by atoms with Crippen molar-refractivity contribution in [2.24, 2.45) is 0 Å². The summed E-state index contributed by atoms with van der Waals surface area (Å²) in [4.78, 5) is 15.1. The molecule has 0 saturated carbocycles. The van der Waals surface area contributed by atoms with E-state index in [1.165, 1.54) is 17.1 Å². The van der Waals surface area contributed by atoms with Crippen molar-refractivity contribution in [1.29, 1.82) is 0 Å². The fraction of sp³-hybridized carbons (Fsp3) is 0.174. The van der Waals surface area contributed by atoms with Gasteiger partial charge in [-0.05, 0) is 30.3 Å². The molecule has 2 heterocycles. The normalized spacial score (nSPS) is 14.4. The minimum atomic E-state index is -1.65. The summed E-state index contributed by atoms with van der Waals surface area (Å²) < 4.78 is 62.6. The summed E-state index contributed by atoms with van der Waals surface area (Å²) in [6.45, 7) is 0.192. The Morgan fingerprint density at radius 1 is 0.909 bits per heavy atom. The van der Waals surface area contributed by atoms with Gasteiger partial charge in [0.25, 0.3) is 0 Å². The van der Waals surface area contributed by atoms with Crippen LogP contribution in [-0.2, 0) is 4.79 Å². The van der Waals surface area contributed by atoms with Gasteiger partial charge in [-0.25, -0.2) is 17.6 Å². The molecule has 3 aromatic rings. The Hall–Kier alpha value is -2.78. The Morgan fingerprint density at radius 3 is 2.12 bits per heavy atom. The number of piperazine rings is 1. The molecule has 0 aliphatic carbocycles.